The van der Waals surface area contributed by atoms with Gasteiger partial charge in [-0.15, -0.1) is 0 Å². The number of nitrogens with zero attached hydrogens (tertiary/aromatic N) is 4. The summed E-state index contributed by atoms with van der Waals surface area (Å²) in [4.78, 5) is 12.9. The van der Waals surface area contributed by atoms with Crippen LogP contribution in [0.1, 0.15) is 38.8 Å². The Bertz CT molecular complexity index is 748. The van der Waals surface area contributed by atoms with Crippen molar-refractivity contribution in [2.24, 2.45) is 0 Å². The summed E-state index contributed by atoms with van der Waals surface area (Å²) in [5, 5.41) is 23.6. The molecular formula is C15H20ClN5O3. The van der Waals surface area contributed by atoms with Gasteiger partial charge in [-0.1, -0.05) is 12.8 Å². The fourth-order valence-corrected chi connectivity index (χ4v) is 3.66. The molecule has 24 heavy (non-hydrogen) atoms. The predicted octanol–water partition coefficient (Wildman–Crippen LogP) is 1.47. The molecule has 1 aliphatic heterocycles. The van der Waals surface area contributed by atoms with Gasteiger partial charge in [-0.25, -0.2) is 4.98 Å². The summed E-state index contributed by atoms with van der Waals surface area (Å²) in [7, 11) is 0. The lowest BCUT2D eigenvalue weighted by Gasteiger charge is -2.17. The molecule has 0 amide bonds. The van der Waals surface area contributed by atoms with Gasteiger partial charge in [-0.2, -0.15) is 9.97 Å². The summed E-state index contributed by atoms with van der Waals surface area (Å²) in [6.45, 7) is 1.71. The van der Waals surface area contributed by atoms with E-state index in [0.717, 1.165) is 12.8 Å². The van der Waals surface area contributed by atoms with Crippen molar-refractivity contribution in [2.45, 2.75) is 63.2 Å². The van der Waals surface area contributed by atoms with Crippen LogP contribution < -0.4 is 5.32 Å². The third-order valence-corrected chi connectivity index (χ3v) is 5.01. The number of hydrogen-bond donors (Lipinski definition) is 3. The van der Waals surface area contributed by atoms with Crippen LogP contribution in [-0.2, 0) is 4.74 Å². The molecule has 3 N–H and O–H groups in total. The van der Waals surface area contributed by atoms with Gasteiger partial charge in [0, 0.05) is 6.04 Å². The van der Waals surface area contributed by atoms with Gasteiger partial charge in [-0.3, -0.25) is 4.57 Å². The molecule has 2 fully saturated rings. The molecule has 9 heteroatoms. The van der Waals surface area contributed by atoms with Gasteiger partial charge in [0.2, 0.25) is 5.28 Å². The van der Waals surface area contributed by atoms with Crippen LogP contribution >= 0.6 is 11.6 Å². The molecular weight excluding hydrogens is 334 g/mol. The van der Waals surface area contributed by atoms with Crippen LogP contribution in [0.25, 0.3) is 11.2 Å². The van der Waals surface area contributed by atoms with Crippen molar-refractivity contribution >= 4 is 28.6 Å². The molecule has 8 nitrogen and oxygen atoms in total. The first-order valence-electron chi connectivity index (χ1n) is 8.23. The molecule has 1 saturated heterocycles. The maximum absolute atomic E-state index is 10.2. The number of fused-ring (bicyclic) bond motifs is 1. The highest BCUT2D eigenvalue weighted by molar-refractivity contribution is 6.28. The van der Waals surface area contributed by atoms with Gasteiger partial charge in [0.1, 0.15) is 12.2 Å². The van der Waals surface area contributed by atoms with Crippen LogP contribution in [0.2, 0.25) is 5.28 Å². The first-order valence-corrected chi connectivity index (χ1v) is 8.60. The van der Waals surface area contributed by atoms with Gasteiger partial charge in [-0.05, 0) is 31.4 Å². The molecule has 0 unspecified atom stereocenters. The fraction of sp³-hybridized carbons (Fsp3) is 0.667. The molecule has 1 aliphatic carbocycles. The average molecular weight is 354 g/mol. The highest BCUT2D eigenvalue weighted by atomic mass is 35.5. The molecule has 3 heterocycles. The molecule has 0 aromatic carbocycles. The summed E-state index contributed by atoms with van der Waals surface area (Å²) in [5.41, 5.74) is 1.05. The average Bonchev–Trinajstić information content (AvgIpc) is 3.25. The Labute approximate surface area is 143 Å². The van der Waals surface area contributed by atoms with Crippen molar-refractivity contribution < 1.29 is 14.9 Å². The number of aliphatic hydroxyl groups excluding tert-OH is 2. The smallest absolute Gasteiger partial charge is 0.226 e. The first-order chi connectivity index (χ1) is 11.5. The molecule has 0 bridgehead atoms. The van der Waals surface area contributed by atoms with Gasteiger partial charge in [0.25, 0.3) is 0 Å². The van der Waals surface area contributed by atoms with E-state index in [4.69, 9.17) is 16.3 Å². The van der Waals surface area contributed by atoms with E-state index in [0.29, 0.717) is 23.0 Å². The number of imidazole rings is 1. The van der Waals surface area contributed by atoms with E-state index in [-0.39, 0.29) is 5.28 Å². The SMILES string of the molecule is C[C@H]1O[C@@H](n2cnc3c(NC4CCCC4)nc(Cl)nc32)[C@H](O)[C@@H]1O. The lowest BCUT2D eigenvalue weighted by molar-refractivity contribution is -0.0299. The normalized spacial score (nSPS) is 31.2. The van der Waals surface area contributed by atoms with Gasteiger partial charge in [0.05, 0.1) is 12.4 Å². The first kappa shape index (κ1) is 16.0. The monoisotopic (exact) mass is 353 g/mol. The van der Waals surface area contributed by atoms with E-state index in [9.17, 15) is 10.2 Å². The number of hydrogen-bond acceptors (Lipinski definition) is 7. The molecule has 4 atom stereocenters. The molecule has 0 radical (unpaired) electrons. The summed E-state index contributed by atoms with van der Waals surface area (Å²) in [6, 6.07) is 0.361. The van der Waals surface area contributed by atoms with Crippen LogP contribution in [0.15, 0.2) is 6.33 Å². The Morgan fingerprint density at radius 3 is 2.67 bits per heavy atom. The number of aromatic nitrogens is 4. The van der Waals surface area contributed by atoms with E-state index < -0.39 is 24.5 Å². The molecule has 130 valence electrons. The zero-order chi connectivity index (χ0) is 16.8. The van der Waals surface area contributed by atoms with Gasteiger partial charge >= 0.3 is 0 Å². The second-order valence-electron chi connectivity index (χ2n) is 6.50. The van der Waals surface area contributed by atoms with Crippen LogP contribution in [0.4, 0.5) is 5.82 Å². The number of aliphatic hydroxyl groups is 2. The fourth-order valence-electron chi connectivity index (χ4n) is 3.50. The zero-order valence-corrected chi connectivity index (χ0v) is 14.0. The van der Waals surface area contributed by atoms with Crippen molar-refractivity contribution in [3.8, 4) is 0 Å². The van der Waals surface area contributed by atoms with Crippen LogP contribution in [0.5, 0.6) is 0 Å². The zero-order valence-electron chi connectivity index (χ0n) is 13.3. The second kappa shape index (κ2) is 6.11. The summed E-state index contributed by atoms with van der Waals surface area (Å²) >= 11 is 6.08. The minimum atomic E-state index is -1.06. The van der Waals surface area contributed by atoms with E-state index in [1.54, 1.807) is 11.5 Å². The van der Waals surface area contributed by atoms with E-state index in [2.05, 4.69) is 20.3 Å². The number of halogens is 1. The molecule has 1 saturated carbocycles. The Morgan fingerprint density at radius 1 is 1.25 bits per heavy atom. The molecule has 4 rings (SSSR count). The van der Waals surface area contributed by atoms with Gasteiger partial charge < -0.3 is 20.3 Å². The van der Waals surface area contributed by atoms with E-state index in [1.165, 1.54) is 19.2 Å². The van der Waals surface area contributed by atoms with Crippen LogP contribution in [-0.4, -0.2) is 54.1 Å². The summed E-state index contributed by atoms with van der Waals surface area (Å²) in [6.07, 6.45) is 2.88. The van der Waals surface area contributed by atoms with Crippen molar-refractivity contribution in [1.29, 1.82) is 0 Å². The number of ether oxygens (including phenoxy) is 1. The third kappa shape index (κ3) is 2.63. The highest BCUT2D eigenvalue weighted by Crippen LogP contribution is 2.33. The maximum atomic E-state index is 10.2. The van der Waals surface area contributed by atoms with Crippen molar-refractivity contribution in [2.75, 3.05) is 5.32 Å². The number of rotatable bonds is 3. The van der Waals surface area contributed by atoms with Crippen molar-refractivity contribution in [3.05, 3.63) is 11.6 Å². The molecule has 0 spiro atoms. The molecule has 2 aromatic rings. The summed E-state index contributed by atoms with van der Waals surface area (Å²) in [5.74, 6) is 0.594. The Kier molecular flexibility index (Phi) is 4.07. The van der Waals surface area contributed by atoms with E-state index >= 15 is 0 Å². The molecule has 2 aromatic heterocycles. The number of nitrogens with one attached hydrogen (secondary N) is 1. The lowest BCUT2D eigenvalue weighted by atomic mass is 10.1. The highest BCUT2D eigenvalue weighted by Gasteiger charge is 2.42. The van der Waals surface area contributed by atoms with Crippen LogP contribution in [0.3, 0.4) is 0 Å². The lowest BCUT2D eigenvalue weighted by Crippen LogP contribution is -2.30. The standard InChI is InChI=1S/C15H20ClN5O3/c1-7-10(22)11(23)14(24-7)21-6-17-9-12(18-8-4-2-3-5-8)19-15(16)20-13(9)21/h6-8,10-11,14,22-23H,2-5H2,1H3,(H,18,19,20)/t7-,10-,11-,14-/m1/s1. The minimum Gasteiger partial charge on any atom is -0.388 e. The minimum absolute atomic E-state index is 0.103. The predicted molar refractivity (Wildman–Crippen MR) is 87.8 cm³/mol. The Hall–Kier alpha value is -1.48. The number of anilines is 1. The van der Waals surface area contributed by atoms with Gasteiger partial charge in [0.15, 0.2) is 23.2 Å². The second-order valence-corrected chi connectivity index (χ2v) is 6.84. The van der Waals surface area contributed by atoms with Crippen molar-refractivity contribution in [3.63, 3.8) is 0 Å². The quantitative estimate of drug-likeness (QED) is 0.717. The Balaban J connectivity index is 1.72. The van der Waals surface area contributed by atoms with Crippen molar-refractivity contribution in [1.82, 2.24) is 19.5 Å². The third-order valence-electron chi connectivity index (χ3n) is 4.84. The van der Waals surface area contributed by atoms with Crippen LogP contribution in [0, 0.1) is 0 Å². The maximum Gasteiger partial charge on any atom is 0.226 e. The summed E-state index contributed by atoms with van der Waals surface area (Å²) < 4.78 is 7.25. The molecule has 2 aliphatic rings. The van der Waals surface area contributed by atoms with E-state index in [1.807, 2.05) is 0 Å². The topological polar surface area (TPSA) is 105 Å². The Morgan fingerprint density at radius 2 is 2.00 bits per heavy atom. The largest absolute Gasteiger partial charge is 0.388 e.